The molecule has 1 aromatic rings. The summed E-state index contributed by atoms with van der Waals surface area (Å²) in [6, 6.07) is 5.36. The van der Waals surface area contributed by atoms with Crippen LogP contribution >= 0.6 is 0 Å². The third-order valence-corrected chi connectivity index (χ3v) is 2.06. The van der Waals surface area contributed by atoms with Crippen molar-refractivity contribution in [3.63, 3.8) is 0 Å². The van der Waals surface area contributed by atoms with E-state index in [9.17, 15) is 18.0 Å². The molecule has 3 nitrogen and oxygen atoms in total. The SMILES string of the molecule is O=C1NC(C(F)(F)F)=Cc2ccccc2N1. The van der Waals surface area contributed by atoms with Gasteiger partial charge in [-0.3, -0.25) is 0 Å². The van der Waals surface area contributed by atoms with Gasteiger partial charge in [0, 0.05) is 11.3 Å². The first-order valence-electron chi connectivity index (χ1n) is 4.43. The molecule has 0 atom stereocenters. The molecule has 0 fully saturated rings. The fourth-order valence-corrected chi connectivity index (χ4v) is 1.36. The molecule has 1 heterocycles. The van der Waals surface area contributed by atoms with Crippen LogP contribution in [-0.2, 0) is 0 Å². The third-order valence-electron chi connectivity index (χ3n) is 2.06. The van der Waals surface area contributed by atoms with Crippen molar-refractivity contribution >= 4 is 17.8 Å². The molecule has 0 aromatic heterocycles. The normalized spacial score (nSPS) is 15.4. The monoisotopic (exact) mass is 228 g/mol. The van der Waals surface area contributed by atoms with Crippen LogP contribution in [0.2, 0.25) is 0 Å². The second-order valence-corrected chi connectivity index (χ2v) is 3.22. The maximum Gasteiger partial charge on any atom is 0.431 e. The van der Waals surface area contributed by atoms with E-state index < -0.39 is 17.9 Å². The van der Waals surface area contributed by atoms with Crippen LogP contribution in [0.15, 0.2) is 30.0 Å². The van der Waals surface area contributed by atoms with Crippen molar-refractivity contribution in [3.8, 4) is 0 Å². The first-order valence-corrected chi connectivity index (χ1v) is 4.43. The second-order valence-electron chi connectivity index (χ2n) is 3.22. The topological polar surface area (TPSA) is 41.1 Å². The Labute approximate surface area is 89.0 Å². The number of nitrogens with one attached hydrogen (secondary N) is 2. The zero-order valence-electron chi connectivity index (χ0n) is 7.93. The van der Waals surface area contributed by atoms with E-state index >= 15 is 0 Å². The molecule has 0 aliphatic carbocycles. The van der Waals surface area contributed by atoms with Gasteiger partial charge in [-0.15, -0.1) is 0 Å². The fraction of sp³-hybridized carbons (Fsp3) is 0.100. The first kappa shape index (κ1) is 10.5. The molecule has 16 heavy (non-hydrogen) atoms. The molecule has 2 rings (SSSR count). The molecule has 0 radical (unpaired) electrons. The Morgan fingerprint density at radius 1 is 1.06 bits per heavy atom. The van der Waals surface area contributed by atoms with Crippen molar-refractivity contribution in [2.75, 3.05) is 5.32 Å². The van der Waals surface area contributed by atoms with Crippen LogP contribution in [0, 0.1) is 0 Å². The molecule has 84 valence electrons. The first-order chi connectivity index (χ1) is 7.47. The largest absolute Gasteiger partial charge is 0.431 e. The highest BCUT2D eigenvalue weighted by atomic mass is 19.4. The number of fused-ring (bicyclic) bond motifs is 1. The molecular formula is C10H7F3N2O. The highest BCUT2D eigenvalue weighted by Gasteiger charge is 2.36. The van der Waals surface area contributed by atoms with Crippen LogP contribution < -0.4 is 10.6 Å². The fourth-order valence-electron chi connectivity index (χ4n) is 1.36. The van der Waals surface area contributed by atoms with Gasteiger partial charge in [0.15, 0.2) is 0 Å². The molecule has 1 aromatic carbocycles. The van der Waals surface area contributed by atoms with Crippen LogP contribution in [0.1, 0.15) is 5.56 Å². The minimum absolute atomic E-state index is 0.313. The van der Waals surface area contributed by atoms with Gasteiger partial charge in [0.1, 0.15) is 5.70 Å². The summed E-state index contributed by atoms with van der Waals surface area (Å²) in [5.41, 5.74) is -0.414. The molecule has 2 N–H and O–H groups in total. The lowest BCUT2D eigenvalue weighted by atomic mass is 10.1. The number of carbonyl (C=O) groups excluding carboxylic acids is 1. The van der Waals surface area contributed by atoms with E-state index in [1.54, 1.807) is 17.4 Å². The van der Waals surface area contributed by atoms with E-state index in [0.29, 0.717) is 11.3 Å². The zero-order chi connectivity index (χ0) is 11.8. The van der Waals surface area contributed by atoms with Crippen molar-refractivity contribution in [1.82, 2.24) is 5.32 Å². The van der Waals surface area contributed by atoms with Gasteiger partial charge in [-0.2, -0.15) is 13.2 Å². The summed E-state index contributed by atoms with van der Waals surface area (Å²) < 4.78 is 37.4. The number of amides is 2. The van der Waals surface area contributed by atoms with Crippen LogP contribution in [0.25, 0.3) is 6.08 Å². The van der Waals surface area contributed by atoms with E-state index in [1.807, 2.05) is 0 Å². The Morgan fingerprint density at radius 2 is 1.75 bits per heavy atom. The summed E-state index contributed by atoms with van der Waals surface area (Å²) in [6.45, 7) is 0. The van der Waals surface area contributed by atoms with Gasteiger partial charge in [0.05, 0.1) is 0 Å². The molecule has 1 aliphatic rings. The third kappa shape index (κ3) is 2.00. The van der Waals surface area contributed by atoms with Crippen molar-refractivity contribution in [2.24, 2.45) is 0 Å². The summed E-state index contributed by atoms with van der Waals surface area (Å²) >= 11 is 0. The Morgan fingerprint density at radius 3 is 2.44 bits per heavy atom. The second kappa shape index (κ2) is 3.55. The predicted molar refractivity (Wildman–Crippen MR) is 52.6 cm³/mol. The molecule has 0 spiro atoms. The van der Waals surface area contributed by atoms with E-state index in [-0.39, 0.29) is 0 Å². The highest BCUT2D eigenvalue weighted by molar-refractivity contribution is 5.95. The maximum absolute atomic E-state index is 12.5. The van der Waals surface area contributed by atoms with Gasteiger partial charge in [0.2, 0.25) is 0 Å². The molecule has 1 aliphatic heterocycles. The Kier molecular flexibility index (Phi) is 2.34. The Balaban J connectivity index is 2.51. The van der Waals surface area contributed by atoms with Crippen molar-refractivity contribution in [1.29, 1.82) is 0 Å². The van der Waals surface area contributed by atoms with Gasteiger partial charge in [-0.1, -0.05) is 18.2 Å². The number of alkyl halides is 3. The van der Waals surface area contributed by atoms with Gasteiger partial charge >= 0.3 is 12.2 Å². The number of rotatable bonds is 0. The molecule has 6 heteroatoms. The van der Waals surface area contributed by atoms with Crippen LogP contribution in [0.4, 0.5) is 23.7 Å². The van der Waals surface area contributed by atoms with Crippen molar-refractivity contribution in [2.45, 2.75) is 6.18 Å². The number of halogens is 3. The Bertz CT molecular complexity index is 465. The summed E-state index contributed by atoms with van der Waals surface area (Å²) in [7, 11) is 0. The summed E-state index contributed by atoms with van der Waals surface area (Å²) in [4.78, 5) is 11.1. The number of hydrogen-bond acceptors (Lipinski definition) is 1. The van der Waals surface area contributed by atoms with Crippen LogP contribution in [-0.4, -0.2) is 12.2 Å². The summed E-state index contributed by atoms with van der Waals surface area (Å²) in [5.74, 6) is 0. The number of urea groups is 1. The Hall–Kier alpha value is -1.98. The number of carbonyl (C=O) groups is 1. The molecule has 0 unspecified atom stereocenters. The number of para-hydroxylation sites is 1. The lowest BCUT2D eigenvalue weighted by molar-refractivity contribution is -0.0942. The minimum atomic E-state index is -4.57. The number of benzene rings is 1. The van der Waals surface area contributed by atoms with Gasteiger partial charge < -0.3 is 10.6 Å². The maximum atomic E-state index is 12.5. The van der Waals surface area contributed by atoms with E-state index in [0.717, 1.165) is 6.08 Å². The molecular weight excluding hydrogens is 221 g/mol. The van der Waals surface area contributed by atoms with Crippen molar-refractivity contribution in [3.05, 3.63) is 35.5 Å². The van der Waals surface area contributed by atoms with E-state index in [2.05, 4.69) is 5.32 Å². The zero-order valence-corrected chi connectivity index (χ0v) is 7.93. The predicted octanol–water partition coefficient (Wildman–Crippen LogP) is 2.72. The number of hydrogen-bond donors (Lipinski definition) is 2. The quantitative estimate of drug-likeness (QED) is 0.704. The highest BCUT2D eigenvalue weighted by Crippen LogP contribution is 2.29. The smallest absolute Gasteiger partial charge is 0.307 e. The lowest BCUT2D eigenvalue weighted by Gasteiger charge is -2.10. The summed E-state index contributed by atoms with van der Waals surface area (Å²) in [5, 5.41) is 4.07. The van der Waals surface area contributed by atoms with Gasteiger partial charge in [0.25, 0.3) is 0 Å². The van der Waals surface area contributed by atoms with Crippen molar-refractivity contribution < 1.29 is 18.0 Å². The van der Waals surface area contributed by atoms with E-state index in [1.165, 1.54) is 12.1 Å². The van der Waals surface area contributed by atoms with E-state index in [4.69, 9.17) is 0 Å². The average molecular weight is 228 g/mol. The molecule has 0 saturated heterocycles. The standard InChI is InChI=1S/C10H7F3N2O/c11-10(12,13)8-5-6-3-1-2-4-7(6)14-9(16)15-8/h1-5H,(H2,14,15,16). The van der Waals surface area contributed by atoms with Gasteiger partial charge in [-0.25, -0.2) is 4.79 Å². The average Bonchev–Trinajstić information content (AvgIpc) is 2.34. The minimum Gasteiger partial charge on any atom is -0.307 e. The number of anilines is 1. The molecule has 2 amide bonds. The lowest BCUT2D eigenvalue weighted by Crippen LogP contribution is -2.33. The van der Waals surface area contributed by atoms with Crippen LogP contribution in [0.5, 0.6) is 0 Å². The summed E-state index contributed by atoms with van der Waals surface area (Å²) in [6.07, 6.45) is -3.68. The molecule has 0 bridgehead atoms. The van der Waals surface area contributed by atoms with Crippen LogP contribution in [0.3, 0.4) is 0 Å². The number of allylic oxidation sites excluding steroid dienone is 1. The van der Waals surface area contributed by atoms with Gasteiger partial charge in [-0.05, 0) is 12.1 Å². The molecule has 0 saturated carbocycles.